The summed E-state index contributed by atoms with van der Waals surface area (Å²) in [5.41, 5.74) is 0.431. The molecule has 0 bridgehead atoms. The third-order valence-corrected chi connectivity index (χ3v) is 4.65. The van der Waals surface area contributed by atoms with Gasteiger partial charge in [-0.15, -0.1) is 0 Å². The summed E-state index contributed by atoms with van der Waals surface area (Å²) >= 11 is 3.31. The molecule has 1 amide bonds. The molecule has 0 radical (unpaired) electrons. The van der Waals surface area contributed by atoms with Gasteiger partial charge in [0, 0.05) is 10.5 Å². The summed E-state index contributed by atoms with van der Waals surface area (Å²) in [7, 11) is 0. The van der Waals surface area contributed by atoms with Crippen LogP contribution in [-0.4, -0.2) is 24.0 Å². The summed E-state index contributed by atoms with van der Waals surface area (Å²) < 4.78 is 6.06. The maximum Gasteiger partial charge on any atom is 0.338 e. The normalized spacial score (nSPS) is 22.7. The molecule has 1 aliphatic carbocycles. The average Bonchev–Trinajstić information content (AvgIpc) is 2.49. The molecule has 5 heteroatoms. The molecule has 1 N–H and O–H groups in total. The van der Waals surface area contributed by atoms with E-state index in [9.17, 15) is 9.59 Å². The van der Waals surface area contributed by atoms with E-state index in [1.165, 1.54) is 6.42 Å². The van der Waals surface area contributed by atoms with Gasteiger partial charge in [-0.25, -0.2) is 4.79 Å². The van der Waals surface area contributed by atoms with Crippen molar-refractivity contribution >= 4 is 27.8 Å². The Kier molecular flexibility index (Phi) is 6.00. The van der Waals surface area contributed by atoms with Crippen LogP contribution < -0.4 is 5.32 Å². The van der Waals surface area contributed by atoms with Gasteiger partial charge in [-0.3, -0.25) is 4.79 Å². The Morgan fingerprint density at radius 1 is 1.32 bits per heavy atom. The van der Waals surface area contributed by atoms with Crippen molar-refractivity contribution in [2.75, 3.05) is 0 Å². The maximum atomic E-state index is 12.2. The van der Waals surface area contributed by atoms with Gasteiger partial charge in [0.2, 0.25) is 0 Å². The number of benzene rings is 1. The number of esters is 1. The minimum atomic E-state index is -0.791. The molecule has 1 saturated carbocycles. The zero-order chi connectivity index (χ0) is 16.1. The second-order valence-corrected chi connectivity index (χ2v) is 6.85. The van der Waals surface area contributed by atoms with E-state index >= 15 is 0 Å². The molecule has 1 aromatic carbocycles. The number of ether oxygens (including phenoxy) is 1. The molecule has 0 unspecified atom stereocenters. The smallest absolute Gasteiger partial charge is 0.338 e. The van der Waals surface area contributed by atoms with Crippen LogP contribution in [-0.2, 0) is 9.53 Å². The molecule has 1 aromatic rings. The summed E-state index contributed by atoms with van der Waals surface area (Å²) in [6, 6.07) is 7.12. The zero-order valence-electron chi connectivity index (χ0n) is 13.0. The number of amides is 1. The lowest BCUT2D eigenvalue weighted by atomic mass is 9.86. The van der Waals surface area contributed by atoms with E-state index in [1.807, 2.05) is 6.07 Å². The first-order valence-corrected chi connectivity index (χ1v) is 8.53. The van der Waals surface area contributed by atoms with Crippen LogP contribution in [0.4, 0.5) is 0 Å². The van der Waals surface area contributed by atoms with Crippen molar-refractivity contribution in [3.8, 4) is 0 Å². The molecule has 3 atom stereocenters. The summed E-state index contributed by atoms with van der Waals surface area (Å²) in [4.78, 5) is 24.2. The van der Waals surface area contributed by atoms with E-state index in [-0.39, 0.29) is 11.9 Å². The first kappa shape index (κ1) is 17.0. The molecule has 1 fully saturated rings. The minimum Gasteiger partial charge on any atom is -0.449 e. The monoisotopic (exact) mass is 367 g/mol. The molecular formula is C17H22BrNO3. The molecule has 120 valence electrons. The van der Waals surface area contributed by atoms with Crippen molar-refractivity contribution in [2.24, 2.45) is 5.92 Å². The highest BCUT2D eigenvalue weighted by molar-refractivity contribution is 9.10. The van der Waals surface area contributed by atoms with Crippen molar-refractivity contribution in [1.82, 2.24) is 5.32 Å². The van der Waals surface area contributed by atoms with Crippen LogP contribution in [0, 0.1) is 5.92 Å². The number of hydrogen-bond donors (Lipinski definition) is 1. The van der Waals surface area contributed by atoms with Crippen LogP contribution in [0.15, 0.2) is 28.7 Å². The molecule has 0 aromatic heterocycles. The number of halogens is 1. The first-order chi connectivity index (χ1) is 10.5. The van der Waals surface area contributed by atoms with Crippen LogP contribution in [0.1, 0.15) is 49.9 Å². The largest absolute Gasteiger partial charge is 0.449 e. The van der Waals surface area contributed by atoms with E-state index in [4.69, 9.17) is 4.74 Å². The third kappa shape index (κ3) is 4.57. The van der Waals surface area contributed by atoms with Crippen LogP contribution >= 0.6 is 15.9 Å². The topological polar surface area (TPSA) is 55.4 Å². The number of hydrogen-bond acceptors (Lipinski definition) is 3. The van der Waals surface area contributed by atoms with Crippen molar-refractivity contribution in [3.63, 3.8) is 0 Å². The van der Waals surface area contributed by atoms with E-state index in [2.05, 4.69) is 28.2 Å². The summed E-state index contributed by atoms with van der Waals surface area (Å²) in [5, 5.41) is 3.01. The molecular weight excluding hydrogens is 346 g/mol. The molecule has 0 aliphatic heterocycles. The van der Waals surface area contributed by atoms with E-state index in [0.29, 0.717) is 11.5 Å². The average molecular weight is 368 g/mol. The second-order valence-electron chi connectivity index (χ2n) is 5.93. The van der Waals surface area contributed by atoms with Gasteiger partial charge in [-0.1, -0.05) is 41.8 Å². The Morgan fingerprint density at radius 3 is 2.73 bits per heavy atom. The molecule has 4 nitrogen and oxygen atoms in total. The Bertz CT molecular complexity index is 546. The van der Waals surface area contributed by atoms with E-state index in [1.54, 1.807) is 25.1 Å². The number of rotatable bonds is 4. The zero-order valence-corrected chi connectivity index (χ0v) is 14.6. The van der Waals surface area contributed by atoms with Crippen LogP contribution in [0.25, 0.3) is 0 Å². The first-order valence-electron chi connectivity index (χ1n) is 7.74. The predicted octanol–water partition coefficient (Wildman–Crippen LogP) is 3.69. The quantitative estimate of drug-likeness (QED) is 0.825. The van der Waals surface area contributed by atoms with Gasteiger partial charge >= 0.3 is 5.97 Å². The maximum absolute atomic E-state index is 12.2. The van der Waals surface area contributed by atoms with Crippen LogP contribution in [0.5, 0.6) is 0 Å². The molecule has 0 heterocycles. The Morgan fingerprint density at radius 2 is 2.05 bits per heavy atom. The van der Waals surface area contributed by atoms with Gasteiger partial charge in [0.25, 0.3) is 5.91 Å². The highest BCUT2D eigenvalue weighted by atomic mass is 79.9. The number of carbonyl (C=O) groups is 2. The van der Waals surface area contributed by atoms with Gasteiger partial charge in [-0.05, 0) is 43.9 Å². The van der Waals surface area contributed by atoms with E-state index < -0.39 is 12.1 Å². The summed E-state index contributed by atoms with van der Waals surface area (Å²) in [6.45, 7) is 3.76. The molecule has 2 rings (SSSR count). The van der Waals surface area contributed by atoms with Gasteiger partial charge in [0.1, 0.15) is 0 Å². The lowest BCUT2D eigenvalue weighted by Crippen LogP contribution is -2.45. The fraction of sp³-hybridized carbons (Fsp3) is 0.529. The Hall–Kier alpha value is -1.36. The van der Waals surface area contributed by atoms with Crippen molar-refractivity contribution < 1.29 is 14.3 Å². The summed E-state index contributed by atoms with van der Waals surface area (Å²) in [6.07, 6.45) is 3.71. The molecule has 0 spiro atoms. The predicted molar refractivity (Wildman–Crippen MR) is 88.6 cm³/mol. The third-order valence-electron chi connectivity index (χ3n) is 4.15. The molecule has 1 aliphatic rings. The fourth-order valence-electron chi connectivity index (χ4n) is 2.73. The van der Waals surface area contributed by atoms with Crippen molar-refractivity contribution in [3.05, 3.63) is 34.3 Å². The highest BCUT2D eigenvalue weighted by Crippen LogP contribution is 2.23. The van der Waals surface area contributed by atoms with Crippen LogP contribution in [0.3, 0.4) is 0 Å². The molecule has 0 saturated heterocycles. The van der Waals surface area contributed by atoms with Crippen LogP contribution in [0.2, 0.25) is 0 Å². The number of carbonyl (C=O) groups excluding carboxylic acids is 2. The number of nitrogens with one attached hydrogen (secondary N) is 1. The van der Waals surface area contributed by atoms with Crippen molar-refractivity contribution in [1.29, 1.82) is 0 Å². The van der Waals surface area contributed by atoms with Gasteiger partial charge in [-0.2, -0.15) is 0 Å². The standard InChI is InChI=1S/C17H22BrNO3/c1-11-6-3-4-9-15(11)19-16(20)12(2)22-17(21)13-7-5-8-14(18)10-13/h5,7-8,10-12,15H,3-4,6,9H2,1-2H3,(H,19,20)/t11-,12+,15+/m0/s1. The SMILES string of the molecule is C[C@@H](OC(=O)c1cccc(Br)c1)C(=O)N[C@@H]1CCCC[C@@H]1C. The highest BCUT2D eigenvalue weighted by Gasteiger charge is 2.26. The molecule has 22 heavy (non-hydrogen) atoms. The van der Waals surface area contributed by atoms with Gasteiger partial charge in [0.05, 0.1) is 5.56 Å². The Labute approximate surface area is 139 Å². The summed E-state index contributed by atoms with van der Waals surface area (Å²) in [5.74, 6) is -0.228. The van der Waals surface area contributed by atoms with E-state index in [0.717, 1.165) is 23.7 Å². The lowest BCUT2D eigenvalue weighted by molar-refractivity contribution is -0.130. The fourth-order valence-corrected chi connectivity index (χ4v) is 3.13. The second kappa shape index (κ2) is 7.77. The van der Waals surface area contributed by atoms with Gasteiger partial charge < -0.3 is 10.1 Å². The van der Waals surface area contributed by atoms with Crippen molar-refractivity contribution in [2.45, 2.75) is 51.7 Å². The van der Waals surface area contributed by atoms with Gasteiger partial charge in [0.15, 0.2) is 6.10 Å². The minimum absolute atomic E-state index is 0.188. The Balaban J connectivity index is 1.89. The lowest BCUT2D eigenvalue weighted by Gasteiger charge is -2.30.